The first-order valence-electron chi connectivity index (χ1n) is 7.26. The normalized spacial score (nSPS) is 41.2. The molecule has 0 bridgehead atoms. The van der Waals surface area contributed by atoms with Gasteiger partial charge in [0.05, 0.1) is 0 Å². The van der Waals surface area contributed by atoms with Gasteiger partial charge in [-0.1, -0.05) is 19.8 Å². The highest BCUT2D eigenvalue weighted by molar-refractivity contribution is 4.99. The Morgan fingerprint density at radius 1 is 1.31 bits per heavy atom. The largest absolute Gasteiger partial charge is 0.316 e. The van der Waals surface area contributed by atoms with E-state index in [-0.39, 0.29) is 0 Å². The number of hydrogen-bond acceptors (Lipinski definition) is 2. The molecular weight excluding hydrogens is 196 g/mol. The molecule has 2 nitrogen and oxygen atoms in total. The summed E-state index contributed by atoms with van der Waals surface area (Å²) in [6.07, 6.45) is 5.81. The van der Waals surface area contributed by atoms with Gasteiger partial charge in [-0.3, -0.25) is 4.90 Å². The highest BCUT2D eigenvalue weighted by atomic mass is 15.2. The second kappa shape index (κ2) is 4.30. The lowest BCUT2D eigenvalue weighted by molar-refractivity contribution is 0.153. The Hall–Kier alpha value is -0.0800. The summed E-state index contributed by atoms with van der Waals surface area (Å²) in [5.74, 6) is 2.98. The Balaban J connectivity index is 1.64. The molecule has 0 radical (unpaired) electrons. The van der Waals surface area contributed by atoms with Crippen LogP contribution in [0.1, 0.15) is 39.5 Å². The molecule has 2 heterocycles. The molecule has 3 fully saturated rings. The standard InChI is InChI=1S/C14H26N2/c1-3-14-13-8-15-7-12(13)9-16(14)10(2)6-11-4-5-11/h10-15H,3-9H2,1-2H3. The molecule has 16 heavy (non-hydrogen) atoms. The molecule has 0 spiro atoms. The van der Waals surface area contributed by atoms with Crippen LogP contribution in [0.15, 0.2) is 0 Å². The second-order valence-electron chi connectivity index (χ2n) is 6.28. The molecule has 2 heteroatoms. The zero-order chi connectivity index (χ0) is 11.1. The molecule has 4 atom stereocenters. The lowest BCUT2D eigenvalue weighted by Gasteiger charge is -2.32. The fourth-order valence-electron chi connectivity index (χ4n) is 4.07. The van der Waals surface area contributed by atoms with Crippen molar-refractivity contribution in [1.29, 1.82) is 0 Å². The number of nitrogens with one attached hydrogen (secondary N) is 1. The monoisotopic (exact) mass is 222 g/mol. The van der Waals surface area contributed by atoms with Crippen molar-refractivity contribution in [3.05, 3.63) is 0 Å². The summed E-state index contributed by atoms with van der Waals surface area (Å²) in [7, 11) is 0. The SMILES string of the molecule is CCC1C2CNCC2CN1C(C)CC1CC1. The maximum Gasteiger partial charge on any atom is 0.0140 e. The van der Waals surface area contributed by atoms with Crippen LogP contribution < -0.4 is 5.32 Å². The van der Waals surface area contributed by atoms with Crippen molar-refractivity contribution in [1.82, 2.24) is 10.2 Å². The average molecular weight is 222 g/mol. The summed E-state index contributed by atoms with van der Waals surface area (Å²) >= 11 is 0. The molecule has 2 saturated heterocycles. The van der Waals surface area contributed by atoms with Crippen molar-refractivity contribution < 1.29 is 0 Å². The summed E-state index contributed by atoms with van der Waals surface area (Å²) in [4.78, 5) is 2.84. The van der Waals surface area contributed by atoms with E-state index in [1.165, 1.54) is 45.3 Å². The van der Waals surface area contributed by atoms with Crippen molar-refractivity contribution in [3.63, 3.8) is 0 Å². The molecule has 2 aliphatic heterocycles. The minimum atomic E-state index is 0.836. The zero-order valence-corrected chi connectivity index (χ0v) is 10.8. The molecule has 3 aliphatic rings. The van der Waals surface area contributed by atoms with Gasteiger partial charge in [0.25, 0.3) is 0 Å². The fourth-order valence-corrected chi connectivity index (χ4v) is 4.07. The predicted molar refractivity (Wildman–Crippen MR) is 67.4 cm³/mol. The topological polar surface area (TPSA) is 15.3 Å². The van der Waals surface area contributed by atoms with E-state index in [0.29, 0.717) is 0 Å². The minimum absolute atomic E-state index is 0.836. The van der Waals surface area contributed by atoms with Crippen LogP contribution in [0, 0.1) is 17.8 Å². The van der Waals surface area contributed by atoms with Crippen molar-refractivity contribution in [2.45, 2.75) is 51.6 Å². The van der Waals surface area contributed by atoms with Crippen molar-refractivity contribution in [2.24, 2.45) is 17.8 Å². The molecule has 1 saturated carbocycles. The van der Waals surface area contributed by atoms with Crippen LogP contribution in [0.2, 0.25) is 0 Å². The second-order valence-corrected chi connectivity index (χ2v) is 6.28. The van der Waals surface area contributed by atoms with E-state index < -0.39 is 0 Å². The molecule has 3 rings (SSSR count). The number of rotatable bonds is 4. The van der Waals surface area contributed by atoms with E-state index in [9.17, 15) is 0 Å². The first-order chi connectivity index (χ1) is 7.79. The van der Waals surface area contributed by atoms with E-state index in [1.54, 1.807) is 0 Å². The van der Waals surface area contributed by atoms with Gasteiger partial charge in [-0.2, -0.15) is 0 Å². The Morgan fingerprint density at radius 3 is 2.81 bits per heavy atom. The molecule has 4 unspecified atom stereocenters. The van der Waals surface area contributed by atoms with Crippen LogP contribution >= 0.6 is 0 Å². The van der Waals surface area contributed by atoms with E-state index in [0.717, 1.165) is 29.8 Å². The van der Waals surface area contributed by atoms with Crippen molar-refractivity contribution in [3.8, 4) is 0 Å². The van der Waals surface area contributed by atoms with E-state index in [1.807, 2.05) is 0 Å². The Labute approximate surface area is 99.8 Å². The molecule has 1 N–H and O–H groups in total. The maximum absolute atomic E-state index is 3.57. The first kappa shape index (κ1) is 11.0. The molecule has 0 aromatic carbocycles. The number of nitrogens with zero attached hydrogens (tertiary/aromatic N) is 1. The molecule has 0 amide bonds. The van der Waals surface area contributed by atoms with Gasteiger partial charge >= 0.3 is 0 Å². The van der Waals surface area contributed by atoms with E-state index in [4.69, 9.17) is 0 Å². The van der Waals surface area contributed by atoms with Crippen LogP contribution in [-0.4, -0.2) is 36.6 Å². The quantitative estimate of drug-likeness (QED) is 0.783. The zero-order valence-electron chi connectivity index (χ0n) is 10.8. The first-order valence-corrected chi connectivity index (χ1v) is 7.26. The van der Waals surface area contributed by atoms with Crippen molar-refractivity contribution >= 4 is 0 Å². The highest BCUT2D eigenvalue weighted by Crippen LogP contribution is 2.40. The smallest absolute Gasteiger partial charge is 0.0140 e. The molecule has 0 aromatic rings. The van der Waals surface area contributed by atoms with Gasteiger partial charge < -0.3 is 5.32 Å². The van der Waals surface area contributed by atoms with Gasteiger partial charge in [-0.05, 0) is 50.6 Å². The van der Waals surface area contributed by atoms with Gasteiger partial charge in [0.1, 0.15) is 0 Å². The van der Waals surface area contributed by atoms with Crippen LogP contribution in [0.25, 0.3) is 0 Å². The third-order valence-corrected chi connectivity index (χ3v) is 5.11. The maximum atomic E-state index is 3.57. The average Bonchev–Trinajstić information content (AvgIpc) is 2.85. The third-order valence-electron chi connectivity index (χ3n) is 5.11. The lowest BCUT2D eigenvalue weighted by Crippen LogP contribution is -2.41. The molecule has 1 aliphatic carbocycles. The Kier molecular flexibility index (Phi) is 2.97. The van der Waals surface area contributed by atoms with Crippen LogP contribution in [0.5, 0.6) is 0 Å². The van der Waals surface area contributed by atoms with Crippen LogP contribution in [0.4, 0.5) is 0 Å². The fraction of sp³-hybridized carbons (Fsp3) is 1.00. The number of fused-ring (bicyclic) bond motifs is 1. The van der Waals surface area contributed by atoms with Crippen LogP contribution in [-0.2, 0) is 0 Å². The predicted octanol–water partition coefficient (Wildman–Crippen LogP) is 2.10. The Morgan fingerprint density at radius 2 is 2.12 bits per heavy atom. The lowest BCUT2D eigenvalue weighted by atomic mass is 9.92. The molecule has 92 valence electrons. The van der Waals surface area contributed by atoms with Gasteiger partial charge in [-0.15, -0.1) is 0 Å². The molecular formula is C14H26N2. The molecule has 0 aromatic heterocycles. The van der Waals surface area contributed by atoms with Gasteiger partial charge in [0.2, 0.25) is 0 Å². The van der Waals surface area contributed by atoms with Crippen LogP contribution in [0.3, 0.4) is 0 Å². The summed E-state index contributed by atoms with van der Waals surface area (Å²) in [6, 6.07) is 1.71. The summed E-state index contributed by atoms with van der Waals surface area (Å²) in [5, 5.41) is 3.57. The minimum Gasteiger partial charge on any atom is -0.316 e. The summed E-state index contributed by atoms with van der Waals surface area (Å²) < 4.78 is 0. The van der Waals surface area contributed by atoms with Crippen molar-refractivity contribution in [2.75, 3.05) is 19.6 Å². The highest BCUT2D eigenvalue weighted by Gasteiger charge is 2.45. The third kappa shape index (κ3) is 1.91. The van der Waals surface area contributed by atoms with Gasteiger partial charge in [0, 0.05) is 18.6 Å². The van der Waals surface area contributed by atoms with Gasteiger partial charge in [-0.25, -0.2) is 0 Å². The van der Waals surface area contributed by atoms with Gasteiger partial charge in [0.15, 0.2) is 0 Å². The summed E-state index contributed by atoms with van der Waals surface area (Å²) in [6.45, 7) is 8.76. The summed E-state index contributed by atoms with van der Waals surface area (Å²) in [5.41, 5.74) is 0. The van der Waals surface area contributed by atoms with E-state index in [2.05, 4.69) is 24.1 Å². The van der Waals surface area contributed by atoms with E-state index >= 15 is 0 Å². The number of likely N-dealkylation sites (tertiary alicyclic amines) is 1. The number of hydrogen-bond donors (Lipinski definition) is 1. The Bertz CT molecular complexity index is 249.